The van der Waals surface area contributed by atoms with Crippen LogP contribution in [0.5, 0.6) is 0 Å². The zero-order valence-electron chi connectivity index (χ0n) is 57.5. The summed E-state index contributed by atoms with van der Waals surface area (Å²) in [6.07, 6.45) is 50.6. The topological polar surface area (TPSA) is 181 Å². The highest BCUT2D eigenvalue weighted by Gasteiger charge is 2.16. The summed E-state index contributed by atoms with van der Waals surface area (Å²) in [5.74, 6) is -0.882. The maximum atomic E-state index is 13.0. The molecule has 0 aliphatic rings. The predicted octanol–water partition coefficient (Wildman–Crippen LogP) is 17.8. The van der Waals surface area contributed by atoms with Crippen LogP contribution in [0.15, 0.2) is 12.2 Å². The van der Waals surface area contributed by atoms with E-state index < -0.39 is 5.97 Å². The van der Waals surface area contributed by atoms with E-state index in [1.54, 1.807) is 0 Å². The number of unbranched alkanes of at least 4 members (excludes halogenated alkanes) is 30. The Morgan fingerprint density at radius 1 is 0.356 bits per heavy atom. The number of amides is 2. The van der Waals surface area contributed by atoms with Crippen molar-refractivity contribution in [2.24, 2.45) is 11.8 Å². The molecule has 510 valence electrons. The van der Waals surface area contributed by atoms with Gasteiger partial charge in [-0.3, -0.25) is 28.8 Å². The lowest BCUT2D eigenvalue weighted by atomic mass is 10.0. The van der Waals surface area contributed by atoms with Gasteiger partial charge in [-0.2, -0.15) is 0 Å². The number of carbonyl (C=O) groups is 6. The molecule has 0 aromatic heterocycles. The fourth-order valence-electron chi connectivity index (χ4n) is 11.2. The summed E-state index contributed by atoms with van der Waals surface area (Å²) in [4.78, 5) is 79.6. The molecule has 2 amide bonds. The first-order valence-corrected chi connectivity index (χ1v) is 36.7. The van der Waals surface area contributed by atoms with Gasteiger partial charge in [0.2, 0.25) is 11.8 Å². The molecule has 3 N–H and O–H groups in total. The molecule has 0 aliphatic carbocycles. The van der Waals surface area contributed by atoms with E-state index in [9.17, 15) is 28.8 Å². The Hall–Kier alpha value is -3.52. The Labute approximate surface area is 534 Å². The predicted molar refractivity (Wildman–Crippen MR) is 361 cm³/mol. The van der Waals surface area contributed by atoms with Crippen LogP contribution in [0.3, 0.4) is 0 Å². The van der Waals surface area contributed by atoms with E-state index in [0.717, 1.165) is 161 Å². The van der Waals surface area contributed by atoms with E-state index >= 15 is 0 Å². The molecule has 87 heavy (non-hydrogen) atoms. The fourth-order valence-corrected chi connectivity index (χ4v) is 11.2. The van der Waals surface area contributed by atoms with Crippen LogP contribution in [0.25, 0.3) is 0 Å². The molecule has 2 atom stereocenters. The van der Waals surface area contributed by atoms with E-state index in [-0.39, 0.29) is 42.2 Å². The molecule has 0 heterocycles. The Morgan fingerprint density at radius 2 is 0.644 bits per heavy atom. The van der Waals surface area contributed by atoms with Crippen molar-refractivity contribution in [2.45, 2.75) is 343 Å². The molecule has 0 aromatic rings. The van der Waals surface area contributed by atoms with Gasteiger partial charge >= 0.3 is 23.9 Å². The minimum Gasteiger partial charge on any atom is -0.481 e. The number of hydrogen-bond acceptors (Lipinski definition) is 11. The first kappa shape index (κ1) is 83.5. The van der Waals surface area contributed by atoms with Gasteiger partial charge in [0.1, 0.15) is 6.10 Å². The number of ether oxygens (including phenoxy) is 3. The molecule has 0 aromatic carbocycles. The lowest BCUT2D eigenvalue weighted by Gasteiger charge is -2.22. The van der Waals surface area contributed by atoms with Crippen LogP contribution in [-0.2, 0) is 43.0 Å². The van der Waals surface area contributed by atoms with Crippen molar-refractivity contribution < 1.29 is 48.1 Å². The molecule has 0 aliphatic heterocycles. The van der Waals surface area contributed by atoms with Crippen LogP contribution < -0.4 is 10.6 Å². The van der Waals surface area contributed by atoms with Crippen molar-refractivity contribution in [3.05, 3.63) is 12.2 Å². The van der Waals surface area contributed by atoms with Crippen LogP contribution in [0.1, 0.15) is 337 Å². The number of aliphatic carboxylic acids is 1. The number of nitrogens with one attached hydrogen (secondary N) is 2. The number of carboxylic acid groups (broad SMARTS) is 1. The smallest absolute Gasteiger partial charge is 0.306 e. The van der Waals surface area contributed by atoms with Gasteiger partial charge in [0, 0.05) is 64.0 Å². The maximum absolute atomic E-state index is 13.0. The molecule has 0 saturated carbocycles. The largest absolute Gasteiger partial charge is 0.481 e. The molecule has 0 bridgehead atoms. The van der Waals surface area contributed by atoms with Crippen LogP contribution in [0.4, 0.5) is 0 Å². The molecule has 0 rings (SSSR count). The zero-order chi connectivity index (χ0) is 63.9. The quantitative estimate of drug-likeness (QED) is 0.0227. The van der Waals surface area contributed by atoms with Crippen molar-refractivity contribution in [1.29, 1.82) is 0 Å². The van der Waals surface area contributed by atoms with Gasteiger partial charge in [0.25, 0.3) is 0 Å². The van der Waals surface area contributed by atoms with E-state index in [1.165, 1.54) is 141 Å². The second-order valence-electron chi connectivity index (χ2n) is 25.9. The Balaban J connectivity index is 5.17. The highest BCUT2D eigenvalue weighted by molar-refractivity contribution is 5.96. The molecule has 0 spiro atoms. The summed E-state index contributed by atoms with van der Waals surface area (Å²) in [5, 5.41) is 14.9. The van der Waals surface area contributed by atoms with Gasteiger partial charge in [-0.15, -0.1) is 0 Å². The summed E-state index contributed by atoms with van der Waals surface area (Å²) in [5.41, 5.74) is 0. The molecule has 14 heteroatoms. The number of carbonyl (C=O) groups excluding carboxylic acids is 5. The third-order valence-corrected chi connectivity index (χ3v) is 17.0. The lowest BCUT2D eigenvalue weighted by Crippen LogP contribution is -2.36. The molecule has 0 fully saturated rings. The molecule has 2 unspecified atom stereocenters. The van der Waals surface area contributed by atoms with Crippen molar-refractivity contribution in [1.82, 2.24) is 20.4 Å². The minimum absolute atomic E-state index is 0.0375. The number of rotatable bonds is 67. The van der Waals surface area contributed by atoms with Crippen LogP contribution in [-0.4, -0.2) is 122 Å². The highest BCUT2D eigenvalue weighted by Crippen LogP contribution is 2.20. The Bertz CT molecular complexity index is 1630. The van der Waals surface area contributed by atoms with Gasteiger partial charge in [0.05, 0.1) is 13.2 Å². The zero-order valence-corrected chi connectivity index (χ0v) is 57.5. The average molecular weight is 1230 g/mol. The van der Waals surface area contributed by atoms with E-state index in [1.807, 2.05) is 0 Å². The molecular weight excluding hydrogens is 1090 g/mol. The van der Waals surface area contributed by atoms with Gasteiger partial charge in [-0.05, 0) is 128 Å². The van der Waals surface area contributed by atoms with Crippen LogP contribution in [0.2, 0.25) is 0 Å². The van der Waals surface area contributed by atoms with Gasteiger partial charge in [-0.1, -0.05) is 221 Å². The SMILES string of the molecule is CCCCCCCCC(CCCCCCCC)OC(=O)CCCCCCCN(CCCCCC(=O)OCC(C)CCCCCCC)CCNC(=O)/C=C/C(=O)NCCN(CCCCCCCC(=O)O)CCCCCC(=O)OCC(C)CCCCCCC. The number of nitrogens with zero attached hydrogens (tertiary/aromatic N) is 2. The molecule has 0 saturated heterocycles. The third-order valence-electron chi connectivity index (χ3n) is 17.0. The summed E-state index contributed by atoms with van der Waals surface area (Å²) < 4.78 is 17.3. The number of carboxylic acids is 1. The summed E-state index contributed by atoms with van der Waals surface area (Å²) in [6.45, 7) is 20.0. The van der Waals surface area contributed by atoms with E-state index in [0.29, 0.717) is 76.9 Å². The van der Waals surface area contributed by atoms with Crippen molar-refractivity contribution in [2.75, 3.05) is 65.6 Å². The van der Waals surface area contributed by atoms with E-state index in [4.69, 9.17) is 19.3 Å². The van der Waals surface area contributed by atoms with Crippen molar-refractivity contribution in [3.63, 3.8) is 0 Å². The fraction of sp³-hybridized carbons (Fsp3) is 0.890. The lowest BCUT2D eigenvalue weighted by molar-refractivity contribution is -0.150. The summed E-state index contributed by atoms with van der Waals surface area (Å²) in [6, 6.07) is 0. The van der Waals surface area contributed by atoms with Crippen molar-refractivity contribution in [3.8, 4) is 0 Å². The summed E-state index contributed by atoms with van der Waals surface area (Å²) >= 11 is 0. The first-order valence-electron chi connectivity index (χ1n) is 36.7. The highest BCUT2D eigenvalue weighted by atomic mass is 16.5. The number of esters is 3. The monoisotopic (exact) mass is 1230 g/mol. The Kier molecular flexibility index (Phi) is 61.4. The molecule has 14 nitrogen and oxygen atoms in total. The van der Waals surface area contributed by atoms with Crippen LogP contribution >= 0.6 is 0 Å². The first-order chi connectivity index (χ1) is 42.3. The minimum atomic E-state index is -0.752. The second kappa shape index (κ2) is 64.0. The van der Waals surface area contributed by atoms with Gasteiger partial charge < -0.3 is 39.8 Å². The summed E-state index contributed by atoms with van der Waals surface area (Å²) in [7, 11) is 0. The number of hydrogen-bond donors (Lipinski definition) is 3. The second-order valence-corrected chi connectivity index (χ2v) is 25.9. The standard InChI is InChI=1S/C73H138N4O10/c1-7-11-15-19-25-35-47-67(48-36-26-20-16-12-8-2)87-73(84)52-38-28-22-30-42-58-77(60-44-32-40-51-72(83)86-64-66(6)46-34-24-18-14-10-4)62-56-75-69(79)54-53-68(78)74-55-61-76(57-41-29-21-27-37-49-70(80)81)59-43-31-39-50-71(82)85-63-65(5)45-33-23-17-13-9-3/h53-54,65-67H,7-52,55-64H2,1-6H3,(H,74,78)(H,75,79)(H,80,81)/b54-53+. The van der Waals surface area contributed by atoms with Crippen molar-refractivity contribution >= 4 is 35.7 Å². The van der Waals surface area contributed by atoms with Crippen LogP contribution in [0, 0.1) is 11.8 Å². The third kappa shape index (κ3) is 61.1. The normalized spacial score (nSPS) is 12.3. The van der Waals surface area contributed by atoms with E-state index in [2.05, 4.69) is 62.0 Å². The van der Waals surface area contributed by atoms with Gasteiger partial charge in [-0.25, -0.2) is 0 Å². The van der Waals surface area contributed by atoms with Gasteiger partial charge in [0.15, 0.2) is 0 Å². The Morgan fingerprint density at radius 3 is 1.00 bits per heavy atom. The average Bonchev–Trinajstić information content (AvgIpc) is 3.53. The maximum Gasteiger partial charge on any atom is 0.306 e. The molecular formula is C73H138N4O10. The molecule has 0 radical (unpaired) electrons.